The highest BCUT2D eigenvalue weighted by Gasteiger charge is 2.33. The second kappa shape index (κ2) is 8.45. The molecular weight excluding hydrogens is 405 g/mol. The van der Waals surface area contributed by atoms with E-state index in [-0.39, 0.29) is 18.0 Å². The molecule has 1 N–H and O–H groups in total. The molecule has 0 saturated carbocycles. The Bertz CT molecular complexity index is 930. The Balaban J connectivity index is 1.70. The fourth-order valence-corrected chi connectivity index (χ4v) is 3.62. The number of anilines is 1. The molecule has 0 spiro atoms. The van der Waals surface area contributed by atoms with Gasteiger partial charge < -0.3 is 10.2 Å². The molecule has 8 heteroatoms. The molecule has 0 bridgehead atoms. The minimum Gasteiger partial charge on any atom is -0.338 e. The molecule has 1 atom stereocenters. The highest BCUT2D eigenvalue weighted by atomic mass is 35.5. The standard InChI is InChI=1S/C21H20ClF3N2O2/c1-13-10-17(22)7-8-18(13)26-19(28)15-5-3-9-27(12-15)20(29)14-4-2-6-16(11-14)21(23,24)25/h2,4,6-8,10-11,15H,3,5,9,12H2,1H3,(H,26,28). The molecule has 0 aromatic heterocycles. The normalized spacial score (nSPS) is 17.1. The summed E-state index contributed by atoms with van der Waals surface area (Å²) in [7, 11) is 0. The third-order valence-corrected chi connectivity index (χ3v) is 5.20. The van der Waals surface area contributed by atoms with Crippen LogP contribution in [-0.2, 0) is 11.0 Å². The molecule has 0 radical (unpaired) electrons. The van der Waals surface area contributed by atoms with Crippen LogP contribution >= 0.6 is 11.6 Å². The van der Waals surface area contributed by atoms with E-state index < -0.39 is 23.6 Å². The molecule has 29 heavy (non-hydrogen) atoms. The molecule has 2 aromatic rings. The van der Waals surface area contributed by atoms with E-state index in [9.17, 15) is 22.8 Å². The number of nitrogens with one attached hydrogen (secondary N) is 1. The van der Waals surface area contributed by atoms with E-state index >= 15 is 0 Å². The molecule has 1 heterocycles. The van der Waals surface area contributed by atoms with Crippen molar-refractivity contribution in [2.45, 2.75) is 25.9 Å². The summed E-state index contributed by atoms with van der Waals surface area (Å²) < 4.78 is 38.8. The first kappa shape index (κ1) is 21.2. The number of alkyl halides is 3. The number of piperidine rings is 1. The summed E-state index contributed by atoms with van der Waals surface area (Å²) >= 11 is 5.93. The van der Waals surface area contributed by atoms with E-state index in [4.69, 9.17) is 11.6 Å². The van der Waals surface area contributed by atoms with Gasteiger partial charge in [-0.2, -0.15) is 13.2 Å². The first-order valence-electron chi connectivity index (χ1n) is 9.18. The minimum absolute atomic E-state index is 0.0329. The Kier molecular flexibility index (Phi) is 6.17. The number of carbonyl (C=O) groups is 2. The molecule has 1 aliphatic rings. The molecule has 2 amide bonds. The van der Waals surface area contributed by atoms with Crippen LogP contribution in [-0.4, -0.2) is 29.8 Å². The SMILES string of the molecule is Cc1cc(Cl)ccc1NC(=O)C1CCCN(C(=O)c2cccc(C(F)(F)F)c2)C1. The van der Waals surface area contributed by atoms with Crippen molar-refractivity contribution in [1.82, 2.24) is 4.90 Å². The average molecular weight is 425 g/mol. The quantitative estimate of drug-likeness (QED) is 0.740. The maximum Gasteiger partial charge on any atom is 0.416 e. The number of rotatable bonds is 3. The van der Waals surface area contributed by atoms with Gasteiger partial charge in [0, 0.05) is 29.4 Å². The van der Waals surface area contributed by atoms with E-state index in [0.29, 0.717) is 30.1 Å². The van der Waals surface area contributed by atoms with Crippen molar-refractivity contribution in [3.63, 3.8) is 0 Å². The summed E-state index contributed by atoms with van der Waals surface area (Å²) in [6.07, 6.45) is -3.32. The van der Waals surface area contributed by atoms with Gasteiger partial charge in [-0.1, -0.05) is 17.7 Å². The first-order valence-corrected chi connectivity index (χ1v) is 9.56. The van der Waals surface area contributed by atoms with Crippen LogP contribution in [0.2, 0.25) is 5.02 Å². The van der Waals surface area contributed by atoms with Gasteiger partial charge in [-0.15, -0.1) is 0 Å². The Hall–Kier alpha value is -2.54. The zero-order valence-corrected chi connectivity index (χ0v) is 16.5. The van der Waals surface area contributed by atoms with Crippen LogP contribution in [0.5, 0.6) is 0 Å². The largest absolute Gasteiger partial charge is 0.416 e. The van der Waals surface area contributed by atoms with Crippen molar-refractivity contribution in [2.75, 3.05) is 18.4 Å². The van der Waals surface area contributed by atoms with E-state index in [1.54, 1.807) is 18.2 Å². The molecular formula is C21H20ClF3N2O2. The molecule has 0 aliphatic carbocycles. The van der Waals surface area contributed by atoms with Crippen molar-refractivity contribution < 1.29 is 22.8 Å². The monoisotopic (exact) mass is 424 g/mol. The van der Waals surface area contributed by atoms with Gasteiger partial charge in [-0.3, -0.25) is 9.59 Å². The number of likely N-dealkylation sites (tertiary alicyclic amines) is 1. The van der Waals surface area contributed by atoms with E-state index in [2.05, 4.69) is 5.32 Å². The van der Waals surface area contributed by atoms with Gasteiger partial charge >= 0.3 is 6.18 Å². The zero-order chi connectivity index (χ0) is 21.2. The molecule has 2 aromatic carbocycles. The van der Waals surface area contributed by atoms with Crippen LogP contribution in [0.15, 0.2) is 42.5 Å². The highest BCUT2D eigenvalue weighted by Crippen LogP contribution is 2.30. The summed E-state index contributed by atoms with van der Waals surface area (Å²) in [4.78, 5) is 26.8. The third kappa shape index (κ3) is 5.09. The Morgan fingerprint density at radius 3 is 2.62 bits per heavy atom. The van der Waals surface area contributed by atoms with Crippen LogP contribution in [0, 0.1) is 12.8 Å². The number of hydrogen-bond donors (Lipinski definition) is 1. The number of carbonyl (C=O) groups excluding carboxylic acids is 2. The van der Waals surface area contributed by atoms with Crippen molar-refractivity contribution in [3.8, 4) is 0 Å². The lowest BCUT2D eigenvalue weighted by atomic mass is 9.96. The Morgan fingerprint density at radius 2 is 1.93 bits per heavy atom. The highest BCUT2D eigenvalue weighted by molar-refractivity contribution is 6.30. The summed E-state index contributed by atoms with van der Waals surface area (Å²) in [6.45, 7) is 2.39. The zero-order valence-electron chi connectivity index (χ0n) is 15.7. The molecule has 3 rings (SSSR count). The van der Waals surface area contributed by atoms with Gasteiger partial charge in [0.1, 0.15) is 0 Å². The number of nitrogens with zero attached hydrogens (tertiary/aromatic N) is 1. The summed E-state index contributed by atoms with van der Waals surface area (Å²) in [5, 5.41) is 3.42. The Morgan fingerprint density at radius 1 is 1.17 bits per heavy atom. The summed E-state index contributed by atoms with van der Waals surface area (Å²) in [5.41, 5.74) is 0.557. The van der Waals surface area contributed by atoms with Crippen molar-refractivity contribution in [2.24, 2.45) is 5.92 Å². The van der Waals surface area contributed by atoms with E-state index in [0.717, 1.165) is 17.7 Å². The van der Waals surface area contributed by atoms with Crippen molar-refractivity contribution in [3.05, 3.63) is 64.2 Å². The average Bonchev–Trinajstić information content (AvgIpc) is 2.69. The molecule has 154 valence electrons. The number of halogens is 4. The Labute approximate surface area is 171 Å². The van der Waals surface area contributed by atoms with Gasteiger partial charge in [0.2, 0.25) is 5.91 Å². The van der Waals surface area contributed by atoms with E-state index in [1.807, 2.05) is 6.92 Å². The topological polar surface area (TPSA) is 49.4 Å². The third-order valence-electron chi connectivity index (χ3n) is 4.96. The number of benzene rings is 2. The fraction of sp³-hybridized carbons (Fsp3) is 0.333. The smallest absolute Gasteiger partial charge is 0.338 e. The van der Waals surface area contributed by atoms with Gasteiger partial charge in [0.25, 0.3) is 5.91 Å². The van der Waals surface area contributed by atoms with E-state index in [1.165, 1.54) is 17.0 Å². The molecule has 1 saturated heterocycles. The molecule has 1 aliphatic heterocycles. The molecule has 1 fully saturated rings. The summed E-state index contributed by atoms with van der Waals surface area (Å²) in [6, 6.07) is 9.48. The maximum absolute atomic E-state index is 12.9. The maximum atomic E-state index is 12.9. The van der Waals surface area contributed by atoms with Crippen LogP contribution in [0.3, 0.4) is 0 Å². The van der Waals surface area contributed by atoms with Crippen molar-refractivity contribution >= 4 is 29.1 Å². The predicted molar refractivity (Wildman–Crippen MR) is 105 cm³/mol. The van der Waals surface area contributed by atoms with Gasteiger partial charge in [-0.25, -0.2) is 0 Å². The van der Waals surface area contributed by atoms with Crippen molar-refractivity contribution in [1.29, 1.82) is 0 Å². The molecule has 4 nitrogen and oxygen atoms in total. The lowest BCUT2D eigenvalue weighted by molar-refractivity contribution is -0.137. The minimum atomic E-state index is -4.52. The number of hydrogen-bond acceptors (Lipinski definition) is 2. The van der Waals surface area contributed by atoms with Crippen LogP contribution in [0.25, 0.3) is 0 Å². The second-order valence-corrected chi connectivity index (χ2v) is 7.55. The first-order chi connectivity index (χ1) is 13.6. The lowest BCUT2D eigenvalue weighted by Crippen LogP contribution is -2.43. The summed E-state index contributed by atoms with van der Waals surface area (Å²) in [5.74, 6) is -1.16. The lowest BCUT2D eigenvalue weighted by Gasteiger charge is -2.32. The number of amides is 2. The predicted octanol–water partition coefficient (Wildman–Crippen LogP) is 5.16. The number of aryl methyl sites for hydroxylation is 1. The van der Waals surface area contributed by atoms with Crippen LogP contribution < -0.4 is 5.32 Å². The fourth-order valence-electron chi connectivity index (χ4n) is 3.39. The second-order valence-electron chi connectivity index (χ2n) is 7.12. The van der Waals surface area contributed by atoms with Gasteiger partial charge in [0.15, 0.2) is 0 Å². The molecule has 1 unspecified atom stereocenters. The van der Waals surface area contributed by atoms with Gasteiger partial charge in [-0.05, 0) is 61.7 Å². The van der Waals surface area contributed by atoms with Crippen LogP contribution in [0.1, 0.15) is 34.3 Å². The van der Waals surface area contributed by atoms with Gasteiger partial charge in [0.05, 0.1) is 11.5 Å². The van der Waals surface area contributed by atoms with Crippen LogP contribution in [0.4, 0.5) is 18.9 Å².